The molecule has 0 spiro atoms. The van der Waals surface area contributed by atoms with Gasteiger partial charge >= 0.3 is 0 Å². The van der Waals surface area contributed by atoms with E-state index in [0.717, 1.165) is 11.6 Å². The number of pyridine rings is 1. The van der Waals surface area contributed by atoms with Crippen LogP contribution in [0.5, 0.6) is 11.5 Å². The fourth-order valence-electron chi connectivity index (χ4n) is 3.32. The highest BCUT2D eigenvalue weighted by Crippen LogP contribution is 2.37. The summed E-state index contributed by atoms with van der Waals surface area (Å²) in [5.74, 6) is 1.08. The smallest absolute Gasteiger partial charge is 0.300 e. The van der Waals surface area contributed by atoms with E-state index >= 15 is 0 Å². The van der Waals surface area contributed by atoms with Gasteiger partial charge in [0.15, 0.2) is 5.43 Å². The van der Waals surface area contributed by atoms with E-state index in [1.807, 2.05) is 12.1 Å². The van der Waals surface area contributed by atoms with Gasteiger partial charge < -0.3 is 14.5 Å². The summed E-state index contributed by atoms with van der Waals surface area (Å²) in [6, 6.07) is 12.6. The molecule has 0 radical (unpaired) electrons. The molecular formula is C21H14ClN3O7. The number of nitro benzene ring substituents is 2. The first kappa shape index (κ1) is 21.1. The van der Waals surface area contributed by atoms with Crippen molar-refractivity contribution < 1.29 is 19.3 Å². The van der Waals surface area contributed by atoms with Gasteiger partial charge in [-0.1, -0.05) is 23.7 Å². The van der Waals surface area contributed by atoms with Gasteiger partial charge in [-0.05, 0) is 35.9 Å². The van der Waals surface area contributed by atoms with Crippen molar-refractivity contribution in [2.45, 2.75) is 6.61 Å². The first-order valence-corrected chi connectivity index (χ1v) is 9.54. The number of halogens is 1. The summed E-state index contributed by atoms with van der Waals surface area (Å²) < 4.78 is 10.9. The maximum atomic E-state index is 13.1. The van der Waals surface area contributed by atoms with Crippen molar-refractivity contribution in [2.24, 2.45) is 0 Å². The number of nitrogens with one attached hydrogen (secondary N) is 1. The number of benzene rings is 3. The molecule has 10 nitrogen and oxygen atoms in total. The number of nitro groups is 2. The molecule has 0 fully saturated rings. The highest BCUT2D eigenvalue weighted by molar-refractivity contribution is 6.38. The molecule has 0 amide bonds. The molecule has 0 saturated heterocycles. The highest BCUT2D eigenvalue weighted by Gasteiger charge is 2.27. The van der Waals surface area contributed by atoms with Crippen LogP contribution in [-0.4, -0.2) is 21.9 Å². The molecule has 0 aliphatic heterocycles. The van der Waals surface area contributed by atoms with Gasteiger partial charge in [0, 0.05) is 5.39 Å². The van der Waals surface area contributed by atoms with Gasteiger partial charge in [0.1, 0.15) is 28.6 Å². The molecule has 32 heavy (non-hydrogen) atoms. The number of hydrogen-bond acceptors (Lipinski definition) is 7. The maximum absolute atomic E-state index is 13.1. The van der Waals surface area contributed by atoms with Crippen LogP contribution in [0, 0.1) is 20.2 Å². The van der Waals surface area contributed by atoms with Gasteiger partial charge in [-0.2, -0.15) is 0 Å². The fraction of sp³-hybridized carbons (Fsp3) is 0.0952. The number of fused-ring (bicyclic) bond motifs is 2. The minimum atomic E-state index is -0.868. The van der Waals surface area contributed by atoms with Gasteiger partial charge in [0.25, 0.3) is 11.4 Å². The molecular weight excluding hydrogens is 442 g/mol. The summed E-state index contributed by atoms with van der Waals surface area (Å²) in [6.07, 6.45) is 0. The van der Waals surface area contributed by atoms with Crippen molar-refractivity contribution in [2.75, 3.05) is 7.11 Å². The lowest BCUT2D eigenvalue weighted by atomic mass is 10.1. The van der Waals surface area contributed by atoms with E-state index < -0.39 is 31.7 Å². The zero-order valence-corrected chi connectivity index (χ0v) is 17.2. The number of nitrogens with zero attached hydrogens (tertiary/aromatic N) is 2. The summed E-state index contributed by atoms with van der Waals surface area (Å²) in [7, 11) is 1.57. The van der Waals surface area contributed by atoms with Crippen molar-refractivity contribution >= 4 is 44.8 Å². The van der Waals surface area contributed by atoms with Crippen LogP contribution >= 0.6 is 11.6 Å². The van der Waals surface area contributed by atoms with Crippen LogP contribution in [0.25, 0.3) is 21.8 Å². The van der Waals surface area contributed by atoms with E-state index in [9.17, 15) is 25.0 Å². The Morgan fingerprint density at radius 2 is 1.62 bits per heavy atom. The molecule has 1 aromatic heterocycles. The van der Waals surface area contributed by atoms with E-state index in [1.165, 1.54) is 6.07 Å². The summed E-state index contributed by atoms with van der Waals surface area (Å²) in [6.45, 7) is 0.221. The molecule has 11 heteroatoms. The number of methoxy groups -OCH3 is 1. The summed E-state index contributed by atoms with van der Waals surface area (Å²) in [4.78, 5) is 37.0. The Balaban J connectivity index is 1.82. The molecule has 0 aliphatic carbocycles. The van der Waals surface area contributed by atoms with Crippen molar-refractivity contribution in [3.8, 4) is 11.5 Å². The average Bonchev–Trinajstić information content (AvgIpc) is 2.78. The molecule has 0 bridgehead atoms. The molecule has 1 N–H and O–H groups in total. The van der Waals surface area contributed by atoms with E-state index in [2.05, 4.69) is 4.98 Å². The Kier molecular flexibility index (Phi) is 5.37. The Labute approximate surface area is 184 Å². The maximum Gasteiger partial charge on any atom is 0.300 e. The number of rotatable bonds is 6. The summed E-state index contributed by atoms with van der Waals surface area (Å²) >= 11 is 6.10. The van der Waals surface area contributed by atoms with Crippen LogP contribution in [0.15, 0.2) is 53.3 Å². The lowest BCUT2D eigenvalue weighted by molar-refractivity contribution is -0.393. The predicted octanol–water partition coefficient (Wildman–Crippen LogP) is 4.74. The Bertz CT molecular complexity index is 1450. The third-order valence-corrected chi connectivity index (χ3v) is 5.29. The van der Waals surface area contributed by atoms with Gasteiger partial charge in [0.05, 0.1) is 33.9 Å². The average molecular weight is 456 g/mol. The van der Waals surface area contributed by atoms with Crippen molar-refractivity contribution in [3.63, 3.8) is 0 Å². The third-order valence-electron chi connectivity index (χ3n) is 4.90. The molecule has 0 unspecified atom stereocenters. The molecule has 4 rings (SSSR count). The predicted molar refractivity (Wildman–Crippen MR) is 118 cm³/mol. The Morgan fingerprint density at radius 3 is 2.25 bits per heavy atom. The second kappa shape index (κ2) is 8.16. The molecule has 0 aliphatic rings. The minimum Gasteiger partial charge on any atom is -0.497 e. The molecule has 1 heterocycles. The Hall–Kier alpha value is -4.18. The molecule has 0 saturated carbocycles. The van der Waals surface area contributed by atoms with E-state index in [0.29, 0.717) is 17.0 Å². The highest BCUT2D eigenvalue weighted by atomic mass is 35.5. The first-order valence-electron chi connectivity index (χ1n) is 9.17. The summed E-state index contributed by atoms with van der Waals surface area (Å²) in [5, 5.41) is 22.1. The molecule has 3 aromatic carbocycles. The molecule has 0 atom stereocenters. The zero-order chi connectivity index (χ0) is 23.0. The van der Waals surface area contributed by atoms with Crippen molar-refractivity contribution in [3.05, 3.63) is 89.6 Å². The number of H-pyrrole nitrogens is 1. The second-order valence-corrected chi connectivity index (χ2v) is 7.17. The molecule has 4 aromatic rings. The largest absolute Gasteiger partial charge is 0.497 e. The number of ether oxygens (including phenoxy) is 2. The summed E-state index contributed by atoms with van der Waals surface area (Å²) in [5.41, 5.74) is -1.03. The molecule has 162 valence electrons. The monoisotopic (exact) mass is 455 g/mol. The van der Waals surface area contributed by atoms with E-state index in [4.69, 9.17) is 21.1 Å². The van der Waals surface area contributed by atoms with Crippen molar-refractivity contribution in [1.82, 2.24) is 4.98 Å². The second-order valence-electron chi connectivity index (χ2n) is 6.79. The zero-order valence-electron chi connectivity index (χ0n) is 16.5. The first-order chi connectivity index (χ1) is 15.3. The van der Waals surface area contributed by atoms with Crippen LogP contribution in [0.3, 0.4) is 0 Å². The lowest BCUT2D eigenvalue weighted by Gasteiger charge is -2.09. The van der Waals surface area contributed by atoms with Crippen LogP contribution in [0.4, 0.5) is 11.4 Å². The van der Waals surface area contributed by atoms with E-state index in [-0.39, 0.29) is 22.9 Å². The van der Waals surface area contributed by atoms with Crippen molar-refractivity contribution in [1.29, 1.82) is 0 Å². The van der Waals surface area contributed by atoms with Crippen LogP contribution in [0.1, 0.15) is 5.56 Å². The van der Waals surface area contributed by atoms with Gasteiger partial charge in [0.2, 0.25) is 0 Å². The fourth-order valence-corrected chi connectivity index (χ4v) is 3.62. The Morgan fingerprint density at radius 1 is 0.969 bits per heavy atom. The number of non-ortho nitro benzene ring substituents is 1. The van der Waals surface area contributed by atoms with Gasteiger partial charge in [-0.3, -0.25) is 25.0 Å². The third kappa shape index (κ3) is 3.67. The normalized spacial score (nSPS) is 10.9. The van der Waals surface area contributed by atoms with E-state index in [1.54, 1.807) is 31.4 Å². The topological polar surface area (TPSA) is 138 Å². The van der Waals surface area contributed by atoms with Crippen LogP contribution in [-0.2, 0) is 6.61 Å². The van der Waals surface area contributed by atoms with Crippen LogP contribution < -0.4 is 14.9 Å². The quantitative estimate of drug-likeness (QED) is 0.252. The number of aromatic amines is 1. The van der Waals surface area contributed by atoms with Crippen LogP contribution in [0.2, 0.25) is 5.02 Å². The van der Waals surface area contributed by atoms with Gasteiger partial charge in [-0.15, -0.1) is 0 Å². The minimum absolute atomic E-state index is 0.126. The van der Waals surface area contributed by atoms with Gasteiger partial charge in [-0.25, -0.2) is 0 Å². The standard InChI is InChI=1S/C21H14ClN3O7/c1-31-12-4-2-11(3-5-12)10-32-13-6-7-15-14(8-13)21(26)18-19(22)16(24(27)28)9-17(25(29)30)20(18)23-15/h2-9H,10H2,1H3,(H,23,26). The SMILES string of the molecule is COc1ccc(COc2ccc3[nH]c4c([N+](=O)[O-])cc([N+](=O)[O-])c(Cl)c4c(=O)c3c2)cc1. The number of hydrogen-bond donors (Lipinski definition) is 1. The lowest BCUT2D eigenvalue weighted by Crippen LogP contribution is -2.08. The number of aromatic nitrogens is 1.